The van der Waals surface area contributed by atoms with Gasteiger partial charge in [0.2, 0.25) is 0 Å². The predicted molar refractivity (Wildman–Crippen MR) is 39.2 cm³/mol. The van der Waals surface area contributed by atoms with Crippen molar-refractivity contribution in [2.45, 2.75) is 20.1 Å². The summed E-state index contributed by atoms with van der Waals surface area (Å²) < 4.78 is 13.6. The quantitative estimate of drug-likeness (QED) is 0.326. The molecule has 0 saturated carbocycles. The largest absolute Gasteiger partial charge is 0.461 e. The van der Waals surface area contributed by atoms with Crippen molar-refractivity contribution in [2.75, 3.05) is 13.2 Å². The SMILES string of the molecule is CCOC(=O)C(OC=O)OCC. The lowest BCUT2D eigenvalue weighted by molar-refractivity contribution is -0.192. The molecule has 0 aromatic heterocycles. The monoisotopic (exact) mass is 176 g/mol. The molecular weight excluding hydrogens is 164 g/mol. The molecule has 0 saturated heterocycles. The van der Waals surface area contributed by atoms with E-state index in [-0.39, 0.29) is 19.7 Å². The third-order valence-electron chi connectivity index (χ3n) is 0.976. The summed E-state index contributed by atoms with van der Waals surface area (Å²) in [7, 11) is 0. The van der Waals surface area contributed by atoms with Crippen molar-refractivity contribution in [1.29, 1.82) is 0 Å². The molecule has 5 heteroatoms. The van der Waals surface area contributed by atoms with Gasteiger partial charge in [0.25, 0.3) is 6.47 Å². The van der Waals surface area contributed by atoms with E-state index in [0.29, 0.717) is 0 Å². The molecular formula is C7H12O5. The third-order valence-corrected chi connectivity index (χ3v) is 0.976. The van der Waals surface area contributed by atoms with Gasteiger partial charge >= 0.3 is 12.3 Å². The van der Waals surface area contributed by atoms with E-state index in [2.05, 4.69) is 9.47 Å². The molecule has 0 spiro atoms. The Kier molecular flexibility index (Phi) is 6.00. The number of carbonyl (C=O) groups is 2. The fourth-order valence-corrected chi connectivity index (χ4v) is 0.575. The van der Waals surface area contributed by atoms with Crippen LogP contribution in [0.4, 0.5) is 0 Å². The molecule has 0 N–H and O–H groups in total. The standard InChI is InChI=1S/C7H12O5/c1-3-10-6(9)7(11-4-2)12-5-8/h5,7H,3-4H2,1-2H3. The second-order valence-corrected chi connectivity index (χ2v) is 1.77. The summed E-state index contributed by atoms with van der Waals surface area (Å²) in [6, 6.07) is 0. The zero-order valence-electron chi connectivity index (χ0n) is 7.11. The molecule has 0 amide bonds. The molecule has 12 heavy (non-hydrogen) atoms. The van der Waals surface area contributed by atoms with E-state index in [1.807, 2.05) is 0 Å². The minimum absolute atomic E-state index is 0.150. The van der Waals surface area contributed by atoms with E-state index in [0.717, 1.165) is 0 Å². The molecule has 5 nitrogen and oxygen atoms in total. The summed E-state index contributed by atoms with van der Waals surface area (Å²) in [5.74, 6) is -0.688. The van der Waals surface area contributed by atoms with Crippen LogP contribution < -0.4 is 0 Å². The second kappa shape index (κ2) is 6.60. The lowest BCUT2D eigenvalue weighted by Gasteiger charge is -2.12. The number of hydrogen-bond acceptors (Lipinski definition) is 5. The normalized spacial score (nSPS) is 11.8. The second-order valence-electron chi connectivity index (χ2n) is 1.77. The van der Waals surface area contributed by atoms with Gasteiger partial charge in [-0.25, -0.2) is 4.79 Å². The van der Waals surface area contributed by atoms with Gasteiger partial charge in [0.15, 0.2) is 0 Å². The Morgan fingerprint density at radius 2 is 2.08 bits per heavy atom. The molecule has 70 valence electrons. The van der Waals surface area contributed by atoms with Gasteiger partial charge in [0, 0.05) is 6.61 Å². The molecule has 0 fully saturated rings. The molecule has 0 rings (SSSR count). The molecule has 0 aliphatic rings. The van der Waals surface area contributed by atoms with Gasteiger partial charge in [-0.05, 0) is 13.8 Å². The number of carbonyl (C=O) groups excluding carboxylic acids is 2. The van der Waals surface area contributed by atoms with E-state index in [9.17, 15) is 9.59 Å². The van der Waals surface area contributed by atoms with Crippen molar-refractivity contribution in [2.24, 2.45) is 0 Å². The first kappa shape index (κ1) is 10.9. The molecule has 0 aromatic carbocycles. The average Bonchev–Trinajstić information content (AvgIpc) is 2.04. The highest BCUT2D eigenvalue weighted by Gasteiger charge is 2.20. The van der Waals surface area contributed by atoms with Crippen molar-refractivity contribution in [1.82, 2.24) is 0 Å². The lowest BCUT2D eigenvalue weighted by Crippen LogP contribution is -2.29. The van der Waals surface area contributed by atoms with Crippen molar-refractivity contribution in [3.63, 3.8) is 0 Å². The molecule has 0 aliphatic heterocycles. The molecule has 0 aliphatic carbocycles. The molecule has 0 bridgehead atoms. The summed E-state index contributed by atoms with van der Waals surface area (Å²) in [4.78, 5) is 20.8. The van der Waals surface area contributed by atoms with Gasteiger partial charge < -0.3 is 14.2 Å². The first-order valence-corrected chi connectivity index (χ1v) is 3.63. The number of esters is 1. The van der Waals surface area contributed by atoms with Crippen LogP contribution in [0, 0.1) is 0 Å². The van der Waals surface area contributed by atoms with Crippen LogP contribution in [0.2, 0.25) is 0 Å². The van der Waals surface area contributed by atoms with Gasteiger partial charge in [-0.3, -0.25) is 4.79 Å². The number of rotatable bonds is 6. The van der Waals surface area contributed by atoms with Gasteiger partial charge in [-0.1, -0.05) is 0 Å². The summed E-state index contributed by atoms with van der Waals surface area (Å²) >= 11 is 0. The zero-order valence-corrected chi connectivity index (χ0v) is 7.11. The molecule has 0 heterocycles. The van der Waals surface area contributed by atoms with E-state index < -0.39 is 12.3 Å². The maximum absolute atomic E-state index is 10.9. The van der Waals surface area contributed by atoms with Crippen LogP contribution in [0.3, 0.4) is 0 Å². The van der Waals surface area contributed by atoms with E-state index >= 15 is 0 Å². The minimum atomic E-state index is -1.23. The maximum Gasteiger partial charge on any atom is 0.376 e. The van der Waals surface area contributed by atoms with Crippen LogP contribution in [-0.2, 0) is 23.8 Å². The Morgan fingerprint density at radius 3 is 2.50 bits per heavy atom. The molecule has 0 radical (unpaired) electrons. The van der Waals surface area contributed by atoms with Crippen molar-refractivity contribution >= 4 is 12.4 Å². The van der Waals surface area contributed by atoms with Crippen LogP contribution in [-0.4, -0.2) is 31.9 Å². The summed E-state index contributed by atoms with van der Waals surface area (Å²) in [5.41, 5.74) is 0. The van der Waals surface area contributed by atoms with Crippen LogP contribution in [0.1, 0.15) is 13.8 Å². The Bertz CT molecular complexity index is 145. The first-order valence-electron chi connectivity index (χ1n) is 3.63. The van der Waals surface area contributed by atoms with Gasteiger partial charge in [-0.15, -0.1) is 0 Å². The number of hydrogen-bond donors (Lipinski definition) is 0. The highest BCUT2D eigenvalue weighted by atomic mass is 16.7. The zero-order chi connectivity index (χ0) is 9.40. The smallest absolute Gasteiger partial charge is 0.376 e. The fraction of sp³-hybridized carbons (Fsp3) is 0.714. The summed E-state index contributed by atoms with van der Waals surface area (Å²) in [5, 5.41) is 0. The third kappa shape index (κ3) is 3.92. The van der Waals surface area contributed by atoms with Crippen LogP contribution in [0.15, 0.2) is 0 Å². The van der Waals surface area contributed by atoms with Crippen molar-refractivity contribution < 1.29 is 23.8 Å². The van der Waals surface area contributed by atoms with Crippen molar-refractivity contribution in [3.05, 3.63) is 0 Å². The maximum atomic E-state index is 10.9. The average molecular weight is 176 g/mol. The molecule has 1 unspecified atom stereocenters. The highest BCUT2D eigenvalue weighted by molar-refractivity contribution is 5.74. The van der Waals surface area contributed by atoms with Crippen LogP contribution in [0.25, 0.3) is 0 Å². The topological polar surface area (TPSA) is 61.8 Å². The van der Waals surface area contributed by atoms with E-state index in [4.69, 9.17) is 4.74 Å². The van der Waals surface area contributed by atoms with Gasteiger partial charge in [-0.2, -0.15) is 0 Å². The molecule has 1 atom stereocenters. The fourth-order valence-electron chi connectivity index (χ4n) is 0.575. The first-order chi connectivity index (χ1) is 5.76. The van der Waals surface area contributed by atoms with Crippen LogP contribution >= 0.6 is 0 Å². The van der Waals surface area contributed by atoms with E-state index in [1.54, 1.807) is 13.8 Å². The Balaban J connectivity index is 3.89. The molecule has 0 aromatic rings. The predicted octanol–water partition coefficient (Wildman–Crippen LogP) is 0.0851. The Morgan fingerprint density at radius 1 is 1.42 bits per heavy atom. The lowest BCUT2D eigenvalue weighted by atomic mass is 10.6. The highest BCUT2D eigenvalue weighted by Crippen LogP contribution is 1.96. The minimum Gasteiger partial charge on any atom is -0.461 e. The number of ether oxygens (including phenoxy) is 3. The van der Waals surface area contributed by atoms with E-state index in [1.165, 1.54) is 0 Å². The van der Waals surface area contributed by atoms with Crippen molar-refractivity contribution in [3.8, 4) is 0 Å². The van der Waals surface area contributed by atoms with Crippen LogP contribution in [0.5, 0.6) is 0 Å². The summed E-state index contributed by atoms with van der Waals surface area (Å²) in [6.45, 7) is 3.99. The Hall–Kier alpha value is -1.10. The summed E-state index contributed by atoms with van der Waals surface area (Å²) in [6.07, 6.45) is -1.23. The Labute approximate surface area is 70.6 Å². The van der Waals surface area contributed by atoms with Gasteiger partial charge in [0.05, 0.1) is 6.61 Å². The van der Waals surface area contributed by atoms with Gasteiger partial charge in [0.1, 0.15) is 0 Å².